The maximum absolute atomic E-state index is 12.6. The second kappa shape index (κ2) is 18.2. The summed E-state index contributed by atoms with van der Waals surface area (Å²) in [5.41, 5.74) is 0.646. The fraction of sp³-hybridized carbons (Fsp3) is 0.556. The Morgan fingerprint density at radius 1 is 0.509 bits per heavy atom. The van der Waals surface area contributed by atoms with Crippen molar-refractivity contribution in [2.45, 2.75) is 117 Å². The standard InChI is InChI=1S/C36H43NO18/c1-16(38)46-14-27-30(48-18(3)40)33(51-21(6)43)32(50-20(5)42)29(54-27)25-13-37(26-12-10-9-11-24(25)26)36-35(53-23(8)45)34(52-22(7)44)31(49-19(4)41)28(55-36)15-47-17(2)39/h9-13,27-36H,14-15H2,1-8H3/t27-,28-,29+,30-,31-,32-,33+,34+,35+,36-/m1/s1. The number of para-hydroxylation sites is 1. The summed E-state index contributed by atoms with van der Waals surface area (Å²) >= 11 is 0. The van der Waals surface area contributed by atoms with Crippen LogP contribution in [0.1, 0.15) is 73.3 Å². The Balaban J connectivity index is 1.97. The van der Waals surface area contributed by atoms with Crippen LogP contribution in [0.2, 0.25) is 0 Å². The third-order valence-corrected chi connectivity index (χ3v) is 8.31. The molecule has 19 nitrogen and oxygen atoms in total. The molecule has 4 rings (SSSR count). The van der Waals surface area contributed by atoms with Gasteiger partial charge in [-0.15, -0.1) is 0 Å². The van der Waals surface area contributed by atoms with E-state index in [1.807, 2.05) is 0 Å². The van der Waals surface area contributed by atoms with Crippen LogP contribution in [0.25, 0.3) is 10.9 Å². The Kier molecular flexibility index (Phi) is 13.9. The highest BCUT2D eigenvalue weighted by Crippen LogP contribution is 2.43. The van der Waals surface area contributed by atoms with Crippen LogP contribution in [-0.4, -0.2) is 114 Å². The summed E-state index contributed by atoms with van der Waals surface area (Å²) in [4.78, 5) is 98.5. The average Bonchev–Trinajstić information content (AvgIpc) is 3.44. The van der Waals surface area contributed by atoms with Gasteiger partial charge in [-0.05, 0) is 6.07 Å². The van der Waals surface area contributed by atoms with Crippen molar-refractivity contribution in [1.29, 1.82) is 0 Å². The largest absolute Gasteiger partial charge is 0.463 e. The number of nitrogens with zero attached hydrogens (tertiary/aromatic N) is 1. The summed E-state index contributed by atoms with van der Waals surface area (Å²) in [6.07, 6.45) is -12.6. The number of carbonyl (C=O) groups excluding carboxylic acids is 8. The Labute approximate surface area is 314 Å². The van der Waals surface area contributed by atoms with E-state index in [2.05, 4.69) is 0 Å². The predicted octanol–water partition coefficient (Wildman–Crippen LogP) is 1.70. The molecule has 0 amide bonds. The van der Waals surface area contributed by atoms with E-state index in [1.54, 1.807) is 24.3 Å². The van der Waals surface area contributed by atoms with Gasteiger partial charge in [-0.25, -0.2) is 0 Å². The summed E-state index contributed by atoms with van der Waals surface area (Å²) in [6.45, 7) is 7.92. The summed E-state index contributed by atoms with van der Waals surface area (Å²) in [5.74, 6) is -6.33. The maximum Gasteiger partial charge on any atom is 0.303 e. The fourth-order valence-electron chi connectivity index (χ4n) is 6.58. The topological polar surface area (TPSA) is 234 Å². The van der Waals surface area contributed by atoms with Gasteiger partial charge >= 0.3 is 47.8 Å². The molecule has 2 saturated heterocycles. The Hall–Kier alpha value is -5.56. The first-order chi connectivity index (χ1) is 25.9. The van der Waals surface area contributed by atoms with Gasteiger partial charge in [-0.1, -0.05) is 18.2 Å². The van der Waals surface area contributed by atoms with Crippen LogP contribution in [0, 0.1) is 0 Å². The molecular formula is C36H43NO18. The lowest BCUT2D eigenvalue weighted by Crippen LogP contribution is -2.60. The third-order valence-electron chi connectivity index (χ3n) is 8.31. The molecule has 3 heterocycles. The minimum absolute atomic E-state index is 0.265. The van der Waals surface area contributed by atoms with Crippen molar-refractivity contribution in [1.82, 2.24) is 4.57 Å². The number of ether oxygens (including phenoxy) is 10. The van der Waals surface area contributed by atoms with Gasteiger partial charge in [0.1, 0.15) is 31.5 Å². The summed E-state index contributed by atoms with van der Waals surface area (Å²) < 4.78 is 58.5. The van der Waals surface area contributed by atoms with Crippen molar-refractivity contribution in [3.63, 3.8) is 0 Å². The zero-order chi connectivity index (χ0) is 40.7. The summed E-state index contributed by atoms with van der Waals surface area (Å²) in [7, 11) is 0. The van der Waals surface area contributed by atoms with Crippen molar-refractivity contribution < 1.29 is 85.7 Å². The number of benzene rings is 1. The Bertz CT molecular complexity index is 1680. The van der Waals surface area contributed by atoms with Crippen LogP contribution in [0.4, 0.5) is 0 Å². The third kappa shape index (κ3) is 10.6. The van der Waals surface area contributed by atoms with Crippen molar-refractivity contribution in [3.8, 4) is 0 Å². The van der Waals surface area contributed by atoms with E-state index in [4.69, 9.17) is 47.4 Å². The van der Waals surface area contributed by atoms with Crippen molar-refractivity contribution in [3.05, 3.63) is 36.0 Å². The predicted molar refractivity (Wildman–Crippen MR) is 180 cm³/mol. The molecule has 1 aromatic heterocycles. The molecule has 0 bridgehead atoms. The Morgan fingerprint density at radius 3 is 1.38 bits per heavy atom. The molecule has 19 heteroatoms. The van der Waals surface area contributed by atoms with Crippen molar-refractivity contribution >= 4 is 58.7 Å². The lowest BCUT2D eigenvalue weighted by molar-refractivity contribution is -0.267. The molecule has 0 radical (unpaired) electrons. The van der Waals surface area contributed by atoms with E-state index in [9.17, 15) is 38.4 Å². The highest BCUT2D eigenvalue weighted by atomic mass is 16.7. The molecule has 0 aliphatic carbocycles. The Morgan fingerprint density at radius 2 is 0.909 bits per heavy atom. The first kappa shape index (κ1) is 42.2. The van der Waals surface area contributed by atoms with E-state index in [-0.39, 0.29) is 5.56 Å². The molecule has 300 valence electrons. The van der Waals surface area contributed by atoms with Crippen LogP contribution in [0.15, 0.2) is 30.5 Å². The lowest BCUT2D eigenvalue weighted by atomic mass is 9.90. The van der Waals surface area contributed by atoms with Gasteiger partial charge in [0.05, 0.1) is 5.52 Å². The highest BCUT2D eigenvalue weighted by molar-refractivity contribution is 5.85. The zero-order valence-corrected chi connectivity index (χ0v) is 31.4. The second-order valence-electron chi connectivity index (χ2n) is 12.7. The molecular weight excluding hydrogens is 734 g/mol. The number of aromatic nitrogens is 1. The smallest absolute Gasteiger partial charge is 0.303 e. The average molecular weight is 778 g/mol. The van der Waals surface area contributed by atoms with Crippen molar-refractivity contribution in [2.24, 2.45) is 0 Å². The minimum atomic E-state index is -1.50. The molecule has 1 aromatic carbocycles. The number of hydrogen-bond acceptors (Lipinski definition) is 18. The SMILES string of the molecule is CC(=O)OC[C@H]1O[C@@H](n2cc([C@@H]3O[C@H](COC(C)=O)[C@@H](OC(C)=O)[C@H](OC(C)=O)[C@@H]3OC(C)=O)c3ccccc32)[C@@H](OC(C)=O)[C@@H](OC(C)=O)[C@@H]1OC(C)=O. The second-order valence-corrected chi connectivity index (χ2v) is 12.7. The number of rotatable bonds is 12. The molecule has 2 aliphatic heterocycles. The summed E-state index contributed by atoms with van der Waals surface area (Å²) in [5, 5.41) is 0.427. The van der Waals surface area contributed by atoms with E-state index in [1.165, 1.54) is 10.8 Å². The molecule has 55 heavy (non-hydrogen) atoms. The van der Waals surface area contributed by atoms with Gasteiger partial charge in [-0.2, -0.15) is 0 Å². The van der Waals surface area contributed by atoms with Gasteiger partial charge < -0.3 is 51.9 Å². The molecule has 2 fully saturated rings. The molecule has 10 atom stereocenters. The van der Waals surface area contributed by atoms with Crippen LogP contribution in [0.5, 0.6) is 0 Å². The number of hydrogen-bond donors (Lipinski definition) is 0. The van der Waals surface area contributed by atoms with Gasteiger partial charge in [0, 0.05) is 72.5 Å². The first-order valence-electron chi connectivity index (χ1n) is 17.1. The van der Waals surface area contributed by atoms with Crippen molar-refractivity contribution in [2.75, 3.05) is 13.2 Å². The van der Waals surface area contributed by atoms with E-state index in [0.29, 0.717) is 10.9 Å². The normalized spacial score (nSPS) is 27.5. The molecule has 0 spiro atoms. The van der Waals surface area contributed by atoms with Crippen LogP contribution >= 0.6 is 0 Å². The quantitative estimate of drug-likeness (QED) is 0.220. The van der Waals surface area contributed by atoms with Crippen LogP contribution < -0.4 is 0 Å². The molecule has 0 N–H and O–H groups in total. The highest BCUT2D eigenvalue weighted by Gasteiger charge is 2.55. The first-order valence-corrected chi connectivity index (χ1v) is 17.1. The van der Waals surface area contributed by atoms with E-state index >= 15 is 0 Å². The number of carbonyl (C=O) groups is 8. The van der Waals surface area contributed by atoms with Gasteiger partial charge in [0.2, 0.25) is 0 Å². The maximum atomic E-state index is 12.6. The molecule has 2 aromatic rings. The monoisotopic (exact) mass is 777 g/mol. The van der Waals surface area contributed by atoms with Crippen LogP contribution in [-0.2, 0) is 85.7 Å². The summed E-state index contributed by atoms with van der Waals surface area (Å²) in [6, 6.07) is 6.66. The number of fused-ring (bicyclic) bond motifs is 1. The van der Waals surface area contributed by atoms with E-state index in [0.717, 1.165) is 55.4 Å². The van der Waals surface area contributed by atoms with Gasteiger partial charge in [0.15, 0.2) is 42.9 Å². The molecule has 0 saturated carbocycles. The van der Waals surface area contributed by atoms with Gasteiger partial charge in [-0.3, -0.25) is 38.4 Å². The lowest BCUT2D eigenvalue weighted by Gasteiger charge is -2.45. The van der Waals surface area contributed by atoms with Gasteiger partial charge in [0.25, 0.3) is 0 Å². The van der Waals surface area contributed by atoms with E-state index < -0.39 is 122 Å². The molecule has 2 aliphatic rings. The van der Waals surface area contributed by atoms with Crippen LogP contribution in [0.3, 0.4) is 0 Å². The number of esters is 8. The zero-order valence-electron chi connectivity index (χ0n) is 31.4. The fourth-order valence-corrected chi connectivity index (χ4v) is 6.58. The molecule has 0 unspecified atom stereocenters. The minimum Gasteiger partial charge on any atom is -0.463 e.